The van der Waals surface area contributed by atoms with Crippen molar-refractivity contribution in [2.75, 3.05) is 0 Å². The number of aromatic carboxylic acids is 1. The lowest BCUT2D eigenvalue weighted by Crippen LogP contribution is -2.01. The summed E-state index contributed by atoms with van der Waals surface area (Å²) in [5.74, 6) is -1.56. The van der Waals surface area contributed by atoms with Crippen LogP contribution in [0.25, 0.3) is 33.5 Å². The fourth-order valence-electron chi connectivity index (χ4n) is 2.85. The zero-order valence-corrected chi connectivity index (χ0v) is 13.6. The molecule has 1 N–H and O–H groups in total. The lowest BCUT2D eigenvalue weighted by Gasteiger charge is -2.10. The van der Waals surface area contributed by atoms with Crippen molar-refractivity contribution in [3.05, 3.63) is 84.2 Å². The Morgan fingerprint density at radius 1 is 0.846 bits per heavy atom. The molecule has 0 atom stereocenters. The van der Waals surface area contributed by atoms with Crippen LogP contribution in [0.1, 0.15) is 10.4 Å². The minimum atomic E-state index is -1.30. The number of nitrogens with zero attached hydrogens (tertiary/aromatic N) is 2. The fourth-order valence-corrected chi connectivity index (χ4v) is 2.85. The van der Waals surface area contributed by atoms with Gasteiger partial charge in [0.1, 0.15) is 5.82 Å². The predicted molar refractivity (Wildman–Crippen MR) is 97.3 cm³/mol. The second kappa shape index (κ2) is 6.37. The van der Waals surface area contributed by atoms with E-state index >= 15 is 0 Å². The van der Waals surface area contributed by atoms with Gasteiger partial charge in [-0.25, -0.2) is 19.2 Å². The SMILES string of the molecule is O=C(O)c1ccc(-c2nc(-c3ccccc3)nc3ccccc23)cc1F. The second-order valence-electron chi connectivity index (χ2n) is 5.78. The van der Waals surface area contributed by atoms with Gasteiger partial charge < -0.3 is 5.11 Å². The molecule has 26 heavy (non-hydrogen) atoms. The number of fused-ring (bicyclic) bond motifs is 1. The Morgan fingerprint density at radius 3 is 2.31 bits per heavy atom. The molecule has 0 fully saturated rings. The van der Waals surface area contributed by atoms with Crippen LogP contribution in [0, 0.1) is 5.82 Å². The Bertz CT molecular complexity index is 1130. The molecular formula is C21H13FN2O2. The van der Waals surface area contributed by atoms with E-state index in [1.807, 2.05) is 54.6 Å². The molecule has 4 rings (SSSR count). The number of halogens is 1. The van der Waals surface area contributed by atoms with Crippen LogP contribution in [-0.2, 0) is 0 Å². The molecule has 0 aliphatic heterocycles. The van der Waals surface area contributed by atoms with Gasteiger partial charge in [-0.2, -0.15) is 0 Å². The summed E-state index contributed by atoms with van der Waals surface area (Å²) in [5.41, 5.74) is 2.28. The number of hydrogen-bond donors (Lipinski definition) is 1. The molecule has 0 saturated heterocycles. The number of para-hydroxylation sites is 1. The molecule has 126 valence electrons. The van der Waals surface area contributed by atoms with E-state index in [0.717, 1.165) is 16.5 Å². The Labute approximate surface area is 148 Å². The third kappa shape index (κ3) is 2.80. The van der Waals surface area contributed by atoms with Crippen molar-refractivity contribution in [3.8, 4) is 22.6 Å². The number of carboxylic acids is 1. The zero-order valence-electron chi connectivity index (χ0n) is 13.6. The van der Waals surface area contributed by atoms with Crippen molar-refractivity contribution < 1.29 is 14.3 Å². The maximum absolute atomic E-state index is 14.2. The molecule has 0 unspecified atom stereocenters. The van der Waals surface area contributed by atoms with Crippen molar-refractivity contribution in [3.63, 3.8) is 0 Å². The molecule has 3 aromatic carbocycles. The van der Waals surface area contributed by atoms with E-state index in [1.165, 1.54) is 12.1 Å². The van der Waals surface area contributed by atoms with Crippen LogP contribution >= 0.6 is 0 Å². The lowest BCUT2D eigenvalue weighted by molar-refractivity contribution is 0.0692. The molecule has 4 aromatic rings. The summed E-state index contributed by atoms with van der Waals surface area (Å²) in [5, 5.41) is 9.80. The van der Waals surface area contributed by atoms with E-state index in [9.17, 15) is 9.18 Å². The Morgan fingerprint density at radius 2 is 1.58 bits per heavy atom. The summed E-state index contributed by atoms with van der Waals surface area (Å²) in [4.78, 5) is 20.3. The Balaban J connectivity index is 1.97. The molecule has 0 radical (unpaired) electrons. The quantitative estimate of drug-likeness (QED) is 0.580. The third-order valence-electron chi connectivity index (χ3n) is 4.11. The fraction of sp³-hybridized carbons (Fsp3) is 0. The van der Waals surface area contributed by atoms with Crippen LogP contribution in [0.3, 0.4) is 0 Å². The van der Waals surface area contributed by atoms with E-state index in [1.54, 1.807) is 6.07 Å². The normalized spacial score (nSPS) is 10.8. The van der Waals surface area contributed by atoms with Gasteiger partial charge in [0, 0.05) is 16.5 Å². The van der Waals surface area contributed by atoms with Crippen molar-refractivity contribution in [1.29, 1.82) is 0 Å². The van der Waals surface area contributed by atoms with Crippen LogP contribution in [0.5, 0.6) is 0 Å². The summed E-state index contributed by atoms with van der Waals surface area (Å²) in [6.07, 6.45) is 0. The van der Waals surface area contributed by atoms with Gasteiger partial charge in [-0.1, -0.05) is 54.6 Å². The van der Waals surface area contributed by atoms with Crippen LogP contribution in [0.15, 0.2) is 72.8 Å². The monoisotopic (exact) mass is 344 g/mol. The summed E-state index contributed by atoms with van der Waals surface area (Å²) < 4.78 is 14.2. The van der Waals surface area contributed by atoms with Crippen molar-refractivity contribution >= 4 is 16.9 Å². The highest BCUT2D eigenvalue weighted by atomic mass is 19.1. The van der Waals surface area contributed by atoms with Crippen molar-refractivity contribution in [2.24, 2.45) is 0 Å². The van der Waals surface area contributed by atoms with E-state index in [4.69, 9.17) is 5.11 Å². The average Bonchev–Trinajstić information content (AvgIpc) is 2.67. The molecule has 0 spiro atoms. The van der Waals surface area contributed by atoms with Crippen LogP contribution < -0.4 is 0 Å². The average molecular weight is 344 g/mol. The first-order valence-corrected chi connectivity index (χ1v) is 7.99. The van der Waals surface area contributed by atoms with E-state index in [0.29, 0.717) is 17.1 Å². The topological polar surface area (TPSA) is 63.1 Å². The van der Waals surface area contributed by atoms with Gasteiger partial charge in [0.05, 0.1) is 16.8 Å². The molecule has 0 aliphatic carbocycles. The maximum Gasteiger partial charge on any atom is 0.338 e. The molecule has 5 heteroatoms. The molecule has 1 heterocycles. The zero-order chi connectivity index (χ0) is 18.1. The van der Waals surface area contributed by atoms with Gasteiger partial charge in [-0.05, 0) is 18.2 Å². The van der Waals surface area contributed by atoms with Crippen molar-refractivity contribution in [2.45, 2.75) is 0 Å². The molecule has 1 aromatic heterocycles. The van der Waals surface area contributed by atoms with Gasteiger partial charge in [0.25, 0.3) is 0 Å². The maximum atomic E-state index is 14.2. The molecule has 0 bridgehead atoms. The standard InChI is InChI=1S/C21H13FN2O2/c22-17-12-14(10-11-15(17)21(25)26)19-16-8-4-5-9-18(16)23-20(24-19)13-6-2-1-3-7-13/h1-12H,(H,25,26). The van der Waals surface area contributed by atoms with Crippen LogP contribution in [0.2, 0.25) is 0 Å². The predicted octanol–water partition coefficient (Wildman–Crippen LogP) is 4.80. The number of rotatable bonds is 3. The number of carboxylic acid groups (broad SMARTS) is 1. The Hall–Kier alpha value is -3.60. The summed E-state index contributed by atoms with van der Waals surface area (Å²) in [7, 11) is 0. The molecule has 4 nitrogen and oxygen atoms in total. The molecule has 0 aliphatic rings. The summed E-state index contributed by atoms with van der Waals surface area (Å²) in [6.45, 7) is 0. The second-order valence-corrected chi connectivity index (χ2v) is 5.78. The first-order chi connectivity index (χ1) is 12.6. The highest BCUT2D eigenvalue weighted by molar-refractivity contribution is 5.94. The first kappa shape index (κ1) is 15.9. The minimum Gasteiger partial charge on any atom is -0.478 e. The summed E-state index contributed by atoms with van der Waals surface area (Å²) >= 11 is 0. The highest BCUT2D eigenvalue weighted by Crippen LogP contribution is 2.30. The van der Waals surface area contributed by atoms with E-state index < -0.39 is 11.8 Å². The van der Waals surface area contributed by atoms with E-state index in [2.05, 4.69) is 9.97 Å². The molecule has 0 amide bonds. The van der Waals surface area contributed by atoms with Crippen LogP contribution in [0.4, 0.5) is 4.39 Å². The molecule has 0 saturated carbocycles. The first-order valence-electron chi connectivity index (χ1n) is 7.99. The van der Waals surface area contributed by atoms with Gasteiger partial charge >= 0.3 is 5.97 Å². The van der Waals surface area contributed by atoms with Gasteiger partial charge in [-0.15, -0.1) is 0 Å². The number of carbonyl (C=O) groups is 1. The van der Waals surface area contributed by atoms with Gasteiger partial charge in [-0.3, -0.25) is 0 Å². The minimum absolute atomic E-state index is 0.365. The lowest BCUT2D eigenvalue weighted by atomic mass is 10.0. The van der Waals surface area contributed by atoms with Crippen molar-refractivity contribution in [1.82, 2.24) is 9.97 Å². The third-order valence-corrected chi connectivity index (χ3v) is 4.11. The van der Waals surface area contributed by atoms with E-state index in [-0.39, 0.29) is 5.56 Å². The largest absolute Gasteiger partial charge is 0.478 e. The molecular weight excluding hydrogens is 331 g/mol. The Kier molecular flexibility index (Phi) is 3.89. The van der Waals surface area contributed by atoms with Gasteiger partial charge in [0.2, 0.25) is 0 Å². The highest BCUT2D eigenvalue weighted by Gasteiger charge is 2.15. The number of benzene rings is 3. The van der Waals surface area contributed by atoms with Gasteiger partial charge in [0.15, 0.2) is 5.82 Å². The smallest absolute Gasteiger partial charge is 0.338 e. The number of hydrogen-bond acceptors (Lipinski definition) is 3. The summed E-state index contributed by atoms with van der Waals surface area (Å²) in [6, 6.07) is 21.0. The number of aromatic nitrogens is 2. The van der Waals surface area contributed by atoms with Crippen LogP contribution in [-0.4, -0.2) is 21.0 Å².